The van der Waals surface area contributed by atoms with Crippen molar-refractivity contribution in [3.8, 4) is 0 Å². The molecule has 0 amide bonds. The van der Waals surface area contributed by atoms with E-state index in [-0.39, 0.29) is 66.6 Å². The molecule has 2 fully saturated rings. The van der Waals surface area contributed by atoms with Gasteiger partial charge in [-0.05, 0) is 61.2 Å². The lowest BCUT2D eigenvalue weighted by Gasteiger charge is -2.59. The van der Waals surface area contributed by atoms with E-state index in [1.165, 1.54) is 0 Å². The molecule has 7 atom stereocenters. The molecule has 0 aromatic carbocycles. The van der Waals surface area contributed by atoms with Gasteiger partial charge in [0.1, 0.15) is 26.5 Å². The van der Waals surface area contributed by atoms with Crippen molar-refractivity contribution in [3.63, 3.8) is 0 Å². The normalized spacial score (nSPS) is 35.1. The summed E-state index contributed by atoms with van der Waals surface area (Å²) in [4.78, 5) is 14.2. The van der Waals surface area contributed by atoms with Crippen LogP contribution < -0.4 is 0 Å². The van der Waals surface area contributed by atoms with E-state index in [1.807, 2.05) is 0 Å². The lowest BCUT2D eigenvalue weighted by atomic mass is 9.50. The number of ketones is 1. The molecule has 0 unspecified atom stereocenters. The Morgan fingerprint density at radius 3 is 2.10 bits per heavy atom. The molecule has 0 aliphatic heterocycles. The summed E-state index contributed by atoms with van der Waals surface area (Å²) in [6, 6.07) is 0. The first kappa shape index (κ1) is 32.7. The maximum absolute atomic E-state index is 14.2. The molecule has 39 heavy (non-hydrogen) atoms. The van der Waals surface area contributed by atoms with Crippen LogP contribution in [0.5, 0.6) is 0 Å². The van der Waals surface area contributed by atoms with Gasteiger partial charge in [0, 0.05) is 38.6 Å². The second-order valence-electron chi connectivity index (χ2n) is 14.0. The van der Waals surface area contributed by atoms with E-state index in [0.717, 1.165) is 18.6 Å². The number of ether oxygens (including phenoxy) is 6. The van der Waals surface area contributed by atoms with E-state index in [0.29, 0.717) is 12.8 Å². The number of rotatable bonds is 11. The molecule has 0 aromatic heterocycles. The first-order chi connectivity index (χ1) is 18.2. The summed E-state index contributed by atoms with van der Waals surface area (Å²) in [5.41, 5.74) is -0.700. The average molecular weight is 571 g/mol. The van der Waals surface area contributed by atoms with Gasteiger partial charge in [0.15, 0.2) is 5.78 Å². The molecule has 0 radical (unpaired) electrons. The Hall–Kier alpha value is -0.813. The molecule has 0 N–H and O–H groups in total. The third-order valence-electron chi connectivity index (χ3n) is 10.3. The van der Waals surface area contributed by atoms with Gasteiger partial charge in [-0.15, -0.1) is 0 Å². The summed E-state index contributed by atoms with van der Waals surface area (Å²) in [6.45, 7) is 18.5. The van der Waals surface area contributed by atoms with E-state index in [9.17, 15) is 4.79 Å². The SMILES string of the molecule is COCO[C@@H]1[C@@H]2CC=C(O[Si](C)(C)C(C)(C)C)[C@H](C[C@@H]3C(=O)[C@@H](OCOC)CC[C@@]3(C)[C@H]1OCOC)C2(C)C. The standard InChI is InChI=1S/C30H54O8Si/c1-28(2,3)39(10,11)38-23-13-12-20-26(36-18-33-8)27(37-19-34-9)30(6)15-14-24(35-17-32-7)25(31)22(30)16-21(23)29(20,4)5/h13,20-22,24,26-27H,12,14-19H2,1-11H3/t20-,21-,22+,24-,26+,27-,30+/m0/s1. The topological polar surface area (TPSA) is 81.7 Å². The fraction of sp³-hybridized carbons (Fsp3) is 0.900. The van der Waals surface area contributed by atoms with Crippen molar-refractivity contribution in [2.24, 2.45) is 28.6 Å². The molecule has 0 aromatic rings. The van der Waals surface area contributed by atoms with E-state index in [4.69, 9.17) is 32.8 Å². The Balaban J connectivity index is 2.15. The maximum atomic E-state index is 14.2. The monoisotopic (exact) mass is 570 g/mol. The number of allylic oxidation sites excluding steroid dienone is 2. The van der Waals surface area contributed by atoms with Gasteiger partial charge in [0.05, 0.1) is 18.0 Å². The molecule has 0 heterocycles. The van der Waals surface area contributed by atoms with Crippen LogP contribution in [0.1, 0.15) is 67.2 Å². The Morgan fingerprint density at radius 2 is 1.51 bits per heavy atom. The van der Waals surface area contributed by atoms with Gasteiger partial charge in [-0.2, -0.15) is 0 Å². The maximum Gasteiger partial charge on any atom is 0.250 e. The lowest BCUT2D eigenvalue weighted by molar-refractivity contribution is -0.242. The number of carbonyl (C=O) groups is 1. The molecule has 8 nitrogen and oxygen atoms in total. The zero-order chi connectivity index (χ0) is 29.2. The van der Waals surface area contributed by atoms with Crippen LogP contribution in [0, 0.1) is 28.6 Å². The molecule has 3 rings (SSSR count). The van der Waals surface area contributed by atoms with E-state index < -0.39 is 19.8 Å². The van der Waals surface area contributed by atoms with Crippen LogP contribution in [-0.2, 0) is 37.6 Å². The smallest absolute Gasteiger partial charge is 0.250 e. The number of methoxy groups -OCH3 is 3. The van der Waals surface area contributed by atoms with E-state index in [1.54, 1.807) is 21.3 Å². The molecule has 2 bridgehead atoms. The fourth-order valence-electron chi connectivity index (χ4n) is 6.80. The van der Waals surface area contributed by atoms with Gasteiger partial charge in [0.25, 0.3) is 0 Å². The lowest BCUT2D eigenvalue weighted by Crippen LogP contribution is -2.62. The van der Waals surface area contributed by atoms with Gasteiger partial charge in [-0.3, -0.25) is 4.79 Å². The largest absolute Gasteiger partial charge is 0.547 e. The second kappa shape index (κ2) is 12.6. The van der Waals surface area contributed by atoms with Crippen LogP contribution in [0.25, 0.3) is 0 Å². The van der Waals surface area contributed by atoms with E-state index >= 15 is 0 Å². The second-order valence-corrected chi connectivity index (χ2v) is 18.7. The van der Waals surface area contributed by atoms with Crippen molar-refractivity contribution in [1.29, 1.82) is 0 Å². The highest BCUT2D eigenvalue weighted by Gasteiger charge is 2.61. The van der Waals surface area contributed by atoms with Crippen LogP contribution in [0.4, 0.5) is 0 Å². The number of Topliss-reactive ketones (excluding diaryl/α,β-unsaturated/α-hetero) is 1. The summed E-state index contributed by atoms with van der Waals surface area (Å²) in [5, 5.41) is 0.0634. The molecule has 9 heteroatoms. The number of fused-ring (bicyclic) bond motifs is 3. The van der Waals surface area contributed by atoms with Crippen LogP contribution in [0.3, 0.4) is 0 Å². The van der Waals surface area contributed by atoms with Gasteiger partial charge >= 0.3 is 0 Å². The first-order valence-electron chi connectivity index (χ1n) is 14.4. The Morgan fingerprint density at radius 1 is 0.923 bits per heavy atom. The molecule has 0 spiro atoms. The molecule has 3 aliphatic carbocycles. The summed E-state index contributed by atoms with van der Waals surface area (Å²) < 4.78 is 41.9. The van der Waals surface area contributed by atoms with Crippen molar-refractivity contribution in [2.75, 3.05) is 41.7 Å². The summed E-state index contributed by atoms with van der Waals surface area (Å²) in [6.07, 6.45) is 3.99. The van der Waals surface area contributed by atoms with Crippen molar-refractivity contribution in [3.05, 3.63) is 11.8 Å². The van der Waals surface area contributed by atoms with Crippen LogP contribution in [0.2, 0.25) is 18.1 Å². The summed E-state index contributed by atoms with van der Waals surface area (Å²) in [5.74, 6) is 1.04. The van der Waals surface area contributed by atoms with Crippen LogP contribution in [0.15, 0.2) is 11.8 Å². The fourth-order valence-corrected chi connectivity index (χ4v) is 7.92. The van der Waals surface area contributed by atoms with Crippen molar-refractivity contribution in [1.82, 2.24) is 0 Å². The third kappa shape index (κ3) is 6.50. The minimum atomic E-state index is -2.11. The van der Waals surface area contributed by atoms with Crippen molar-refractivity contribution in [2.45, 2.75) is 104 Å². The van der Waals surface area contributed by atoms with E-state index in [2.05, 4.69) is 60.7 Å². The highest BCUT2D eigenvalue weighted by Crippen LogP contribution is 2.59. The first-order valence-corrected chi connectivity index (χ1v) is 17.3. The Labute approximate surface area is 237 Å². The van der Waals surface area contributed by atoms with Gasteiger partial charge in [-0.25, -0.2) is 0 Å². The molecule has 226 valence electrons. The predicted molar refractivity (Wildman–Crippen MR) is 152 cm³/mol. The molecule has 0 saturated heterocycles. The quantitative estimate of drug-likeness (QED) is 0.224. The molecular weight excluding hydrogens is 516 g/mol. The van der Waals surface area contributed by atoms with Crippen LogP contribution in [-0.4, -0.2) is 74.1 Å². The summed E-state index contributed by atoms with van der Waals surface area (Å²) in [7, 11) is 2.74. The zero-order valence-electron chi connectivity index (χ0n) is 26.3. The molecule has 2 saturated carbocycles. The zero-order valence-corrected chi connectivity index (χ0v) is 27.3. The third-order valence-corrected chi connectivity index (χ3v) is 14.7. The van der Waals surface area contributed by atoms with Crippen molar-refractivity contribution >= 4 is 14.1 Å². The predicted octanol–water partition coefficient (Wildman–Crippen LogP) is 5.91. The Bertz CT molecular complexity index is 866. The molecule has 3 aliphatic rings. The average Bonchev–Trinajstić information content (AvgIpc) is 2.84. The Kier molecular flexibility index (Phi) is 10.6. The van der Waals surface area contributed by atoms with Gasteiger partial charge in [-0.1, -0.05) is 41.5 Å². The number of carbonyl (C=O) groups excluding carboxylic acids is 1. The molecular formula is C30H54O8Si. The highest BCUT2D eigenvalue weighted by molar-refractivity contribution is 6.74. The van der Waals surface area contributed by atoms with Gasteiger partial charge in [0.2, 0.25) is 8.32 Å². The minimum absolute atomic E-state index is 0.0526. The number of hydrogen-bond donors (Lipinski definition) is 0. The van der Waals surface area contributed by atoms with Gasteiger partial charge < -0.3 is 32.8 Å². The number of hydrogen-bond acceptors (Lipinski definition) is 8. The van der Waals surface area contributed by atoms with Crippen LogP contribution >= 0.6 is 0 Å². The highest BCUT2D eigenvalue weighted by atomic mass is 28.4. The summed E-state index contributed by atoms with van der Waals surface area (Å²) >= 11 is 0. The van der Waals surface area contributed by atoms with Crippen molar-refractivity contribution < 1.29 is 37.6 Å². The minimum Gasteiger partial charge on any atom is -0.547 e.